The molecule has 4 nitrogen and oxygen atoms in total. The van der Waals surface area contributed by atoms with Crippen molar-refractivity contribution in [1.29, 1.82) is 0 Å². The van der Waals surface area contributed by atoms with Crippen LogP contribution < -0.4 is 4.74 Å². The second kappa shape index (κ2) is 6.90. The highest BCUT2D eigenvalue weighted by molar-refractivity contribution is 6.48. The zero-order valence-corrected chi connectivity index (χ0v) is 18.2. The number of ether oxygens (including phenoxy) is 1. The Labute approximate surface area is 184 Å². The molecule has 3 aliphatic heterocycles. The normalized spacial score (nSPS) is 33.4. The number of aromatic nitrogens is 1. The molecule has 3 fully saturated rings. The lowest BCUT2D eigenvalue weighted by molar-refractivity contribution is -0.112. The molecule has 0 saturated carbocycles. The molecule has 1 aromatic heterocycles. The summed E-state index contributed by atoms with van der Waals surface area (Å²) in [6.07, 6.45) is 4.42. The van der Waals surface area contributed by atoms with E-state index in [9.17, 15) is 5.11 Å². The molecular formula is C20H20Cl4N2O2. The molecule has 150 valence electrons. The Hall–Kier alpha value is -0.750. The number of nitrogens with zero attached hydrogens (tertiary/aromatic N) is 2. The lowest BCUT2D eigenvalue weighted by atomic mass is 9.72. The molecule has 2 bridgehead atoms. The number of rotatable bonds is 4. The first kappa shape index (κ1) is 20.5. The molecule has 1 N–H and O–H groups in total. The first-order valence-corrected chi connectivity index (χ1v) is 10.5. The lowest BCUT2D eigenvalue weighted by Crippen LogP contribution is -2.70. The first-order chi connectivity index (χ1) is 13.1. The molecule has 5 rings (SSSR count). The highest BCUT2D eigenvalue weighted by atomic mass is 35.5. The van der Waals surface area contributed by atoms with Gasteiger partial charge in [-0.2, -0.15) is 0 Å². The van der Waals surface area contributed by atoms with Crippen LogP contribution in [0.25, 0.3) is 10.9 Å². The average Bonchev–Trinajstić information content (AvgIpc) is 2.66. The fourth-order valence-corrected chi connectivity index (χ4v) is 6.25. The van der Waals surface area contributed by atoms with E-state index in [4.69, 9.17) is 51.1 Å². The fourth-order valence-electron chi connectivity index (χ4n) is 4.48. The summed E-state index contributed by atoms with van der Waals surface area (Å²) in [6.45, 7) is 4.37. The number of methoxy groups -OCH3 is 1. The van der Waals surface area contributed by atoms with Gasteiger partial charge in [0.05, 0.1) is 12.6 Å². The standard InChI is InChI=1S/C20H20Cl4N2O2/c1-3-12-11-26-18(21,9-13(12)10-19(26,22)23)20(24,27)16-6-7-25-17-5-4-14(28-2)8-15(16)17/h3-8,12-13,27H,1,9-11H2,2H3/t12-,13+,18-,20+/m0/s1. The molecule has 8 heteroatoms. The summed E-state index contributed by atoms with van der Waals surface area (Å²) in [5.74, 6) is 0.862. The third-order valence-electron chi connectivity index (χ3n) is 5.98. The molecule has 3 saturated heterocycles. The molecule has 0 radical (unpaired) electrons. The maximum Gasteiger partial charge on any atom is 0.197 e. The third kappa shape index (κ3) is 2.92. The minimum atomic E-state index is -1.97. The van der Waals surface area contributed by atoms with E-state index in [0.717, 1.165) is 0 Å². The molecule has 0 spiro atoms. The average molecular weight is 462 g/mol. The number of alkyl halides is 4. The van der Waals surface area contributed by atoms with Gasteiger partial charge in [-0.3, -0.25) is 4.98 Å². The Balaban J connectivity index is 1.87. The zero-order chi connectivity index (χ0) is 20.3. The number of hydrogen-bond acceptors (Lipinski definition) is 4. The van der Waals surface area contributed by atoms with E-state index in [0.29, 0.717) is 41.6 Å². The van der Waals surface area contributed by atoms with Gasteiger partial charge in [0.25, 0.3) is 0 Å². The quantitative estimate of drug-likeness (QED) is 0.385. The van der Waals surface area contributed by atoms with Crippen molar-refractivity contribution in [3.63, 3.8) is 0 Å². The minimum absolute atomic E-state index is 0.0583. The van der Waals surface area contributed by atoms with Gasteiger partial charge < -0.3 is 9.84 Å². The molecular weight excluding hydrogens is 442 g/mol. The predicted molar refractivity (Wildman–Crippen MR) is 114 cm³/mol. The van der Waals surface area contributed by atoms with Gasteiger partial charge in [-0.25, -0.2) is 4.90 Å². The van der Waals surface area contributed by atoms with Crippen molar-refractivity contribution in [2.45, 2.75) is 27.4 Å². The maximum atomic E-state index is 11.6. The van der Waals surface area contributed by atoms with Crippen molar-refractivity contribution < 1.29 is 9.84 Å². The van der Waals surface area contributed by atoms with Crippen molar-refractivity contribution in [2.75, 3.05) is 13.7 Å². The number of benzene rings is 1. The summed E-state index contributed by atoms with van der Waals surface area (Å²) in [5.41, 5.74) is 1.10. The molecule has 5 atom stereocenters. The largest absolute Gasteiger partial charge is 0.497 e. The number of hydrogen-bond donors (Lipinski definition) is 1. The van der Waals surface area contributed by atoms with Gasteiger partial charge in [0.2, 0.25) is 0 Å². The number of pyridine rings is 1. The van der Waals surface area contributed by atoms with E-state index in [1.54, 1.807) is 42.5 Å². The fraction of sp³-hybridized carbons (Fsp3) is 0.450. The molecule has 2 aromatic rings. The van der Waals surface area contributed by atoms with Crippen LogP contribution in [-0.2, 0) is 5.06 Å². The smallest absolute Gasteiger partial charge is 0.197 e. The van der Waals surface area contributed by atoms with Gasteiger partial charge in [-0.1, -0.05) is 52.5 Å². The molecule has 0 aliphatic carbocycles. The highest BCUT2D eigenvalue weighted by Crippen LogP contribution is 2.61. The van der Waals surface area contributed by atoms with E-state index in [2.05, 4.69) is 11.6 Å². The molecule has 28 heavy (non-hydrogen) atoms. The van der Waals surface area contributed by atoms with Gasteiger partial charge in [0.1, 0.15) is 10.7 Å². The number of fused-ring (bicyclic) bond motifs is 4. The van der Waals surface area contributed by atoms with Crippen LogP contribution in [0.15, 0.2) is 43.1 Å². The van der Waals surface area contributed by atoms with E-state index in [1.165, 1.54) is 0 Å². The monoisotopic (exact) mass is 460 g/mol. The summed E-state index contributed by atoms with van der Waals surface area (Å²) in [5, 5.41) is 10.3. The highest BCUT2D eigenvalue weighted by Gasteiger charge is 2.66. The summed E-state index contributed by atoms with van der Waals surface area (Å²) in [6, 6.07) is 7.05. The summed E-state index contributed by atoms with van der Waals surface area (Å²) in [7, 11) is 1.57. The predicted octanol–water partition coefficient (Wildman–Crippen LogP) is 5.22. The Morgan fingerprint density at radius 2 is 2.07 bits per heavy atom. The SMILES string of the molecule is C=C[C@H]1CN2C(Cl)(Cl)C[C@H]1C[C@@]2(Cl)[C@@](O)(Cl)c1ccnc2ccc(OC)cc12. The summed E-state index contributed by atoms with van der Waals surface area (Å²) in [4.78, 5) is 4.64. The van der Waals surface area contributed by atoms with Crippen LogP contribution in [0.2, 0.25) is 0 Å². The van der Waals surface area contributed by atoms with Crippen molar-refractivity contribution in [3.8, 4) is 5.75 Å². The van der Waals surface area contributed by atoms with Crippen LogP contribution in [0.5, 0.6) is 5.75 Å². The lowest BCUT2D eigenvalue weighted by Gasteiger charge is -2.61. The Kier molecular flexibility index (Phi) is 5.06. The molecule has 4 heterocycles. The van der Waals surface area contributed by atoms with Crippen LogP contribution in [0, 0.1) is 11.8 Å². The van der Waals surface area contributed by atoms with Crippen molar-refractivity contribution in [1.82, 2.24) is 9.88 Å². The number of halogens is 4. The summed E-state index contributed by atoms with van der Waals surface area (Å²) >= 11 is 27.1. The van der Waals surface area contributed by atoms with Crippen molar-refractivity contribution in [2.24, 2.45) is 11.8 Å². The van der Waals surface area contributed by atoms with Crippen LogP contribution in [0.3, 0.4) is 0 Å². The number of piperidine rings is 3. The molecule has 3 aliphatic rings. The van der Waals surface area contributed by atoms with Gasteiger partial charge >= 0.3 is 0 Å². The Bertz CT molecular complexity index is 936. The third-order valence-corrected chi connectivity index (χ3v) is 7.94. The van der Waals surface area contributed by atoms with E-state index >= 15 is 0 Å². The topological polar surface area (TPSA) is 45.6 Å². The zero-order valence-electron chi connectivity index (χ0n) is 15.2. The number of aliphatic hydroxyl groups is 1. The van der Waals surface area contributed by atoms with Gasteiger partial charge in [0, 0.05) is 23.7 Å². The molecule has 1 aromatic carbocycles. The van der Waals surface area contributed by atoms with Crippen LogP contribution in [0.1, 0.15) is 18.4 Å². The molecule has 0 amide bonds. The minimum Gasteiger partial charge on any atom is -0.497 e. The van der Waals surface area contributed by atoms with Crippen molar-refractivity contribution in [3.05, 3.63) is 48.7 Å². The Morgan fingerprint density at radius 3 is 2.71 bits per heavy atom. The maximum absolute atomic E-state index is 11.6. The Morgan fingerprint density at radius 1 is 1.32 bits per heavy atom. The van der Waals surface area contributed by atoms with E-state index < -0.39 is 14.5 Å². The molecule has 1 unspecified atom stereocenters. The van der Waals surface area contributed by atoms with Gasteiger partial charge in [-0.15, -0.1) is 6.58 Å². The van der Waals surface area contributed by atoms with Crippen LogP contribution in [-0.4, -0.2) is 38.1 Å². The van der Waals surface area contributed by atoms with Gasteiger partial charge in [0.15, 0.2) is 9.52 Å². The van der Waals surface area contributed by atoms with Crippen LogP contribution >= 0.6 is 46.4 Å². The van der Waals surface area contributed by atoms with Crippen LogP contribution in [0.4, 0.5) is 0 Å². The first-order valence-electron chi connectivity index (χ1n) is 8.95. The van der Waals surface area contributed by atoms with Crippen molar-refractivity contribution >= 4 is 57.3 Å². The van der Waals surface area contributed by atoms with E-state index in [-0.39, 0.29) is 11.8 Å². The van der Waals surface area contributed by atoms with E-state index in [1.807, 2.05) is 6.08 Å². The van der Waals surface area contributed by atoms with Gasteiger partial charge in [-0.05, 0) is 48.9 Å². The second-order valence-electron chi connectivity index (χ2n) is 7.47. The summed E-state index contributed by atoms with van der Waals surface area (Å²) < 4.78 is 4.09. The second-order valence-corrected chi connectivity index (χ2v) is 10.1.